The number of alkyl halides is 2. The molecule has 2 fully saturated rings. The Morgan fingerprint density at radius 3 is 2.70 bits per heavy atom. The van der Waals surface area contributed by atoms with E-state index in [0.717, 1.165) is 11.3 Å². The van der Waals surface area contributed by atoms with Gasteiger partial charge in [-0.2, -0.15) is 0 Å². The summed E-state index contributed by atoms with van der Waals surface area (Å²) >= 11 is 1.14. The summed E-state index contributed by atoms with van der Waals surface area (Å²) in [4.78, 5) is 31.9. The Labute approximate surface area is 234 Å². The van der Waals surface area contributed by atoms with Gasteiger partial charge in [0.15, 0.2) is 0 Å². The van der Waals surface area contributed by atoms with Crippen LogP contribution in [0.4, 0.5) is 13.8 Å². The molecule has 9 nitrogen and oxygen atoms in total. The molecule has 0 spiro atoms. The number of methoxy groups -OCH3 is 1. The molecule has 1 saturated heterocycles. The van der Waals surface area contributed by atoms with Crippen molar-refractivity contribution in [3.8, 4) is 16.5 Å². The minimum atomic E-state index is -2.86. The van der Waals surface area contributed by atoms with Gasteiger partial charge < -0.3 is 28.8 Å². The number of para-hydroxylation sites is 1. The van der Waals surface area contributed by atoms with Gasteiger partial charge in [0, 0.05) is 37.7 Å². The molecule has 12 heteroatoms. The molecule has 1 saturated carbocycles. The molecule has 2 amide bonds. The van der Waals surface area contributed by atoms with Crippen LogP contribution in [0, 0.1) is 6.92 Å². The minimum absolute atomic E-state index is 0.0153. The lowest BCUT2D eigenvalue weighted by Gasteiger charge is -2.44. The predicted octanol–water partition coefficient (Wildman–Crippen LogP) is 5.47. The van der Waals surface area contributed by atoms with Gasteiger partial charge in [0.05, 0.1) is 36.4 Å². The van der Waals surface area contributed by atoms with E-state index in [1.54, 1.807) is 20.1 Å². The zero-order valence-electron chi connectivity index (χ0n) is 22.2. The molecule has 0 radical (unpaired) electrons. The second-order valence-electron chi connectivity index (χ2n) is 9.91. The lowest BCUT2D eigenvalue weighted by molar-refractivity contribution is -0.129. The van der Waals surface area contributed by atoms with Crippen LogP contribution in [0.1, 0.15) is 53.3 Å². The van der Waals surface area contributed by atoms with E-state index in [1.807, 2.05) is 18.2 Å². The van der Waals surface area contributed by atoms with Crippen LogP contribution in [-0.2, 0) is 14.3 Å². The molecule has 1 aliphatic heterocycles. The average molecular weight is 576 g/mol. The van der Waals surface area contributed by atoms with Gasteiger partial charge in [-0.1, -0.05) is 18.2 Å². The van der Waals surface area contributed by atoms with Crippen LogP contribution in [0.25, 0.3) is 10.8 Å². The highest BCUT2D eigenvalue weighted by molar-refractivity contribution is 7.20. The van der Waals surface area contributed by atoms with Crippen LogP contribution in [0.3, 0.4) is 0 Å². The second kappa shape index (κ2) is 12.0. The number of amides is 2. The Bertz CT molecular complexity index is 1320. The molecule has 40 heavy (non-hydrogen) atoms. The van der Waals surface area contributed by atoms with Crippen molar-refractivity contribution < 1.29 is 37.0 Å². The van der Waals surface area contributed by atoms with E-state index in [0.29, 0.717) is 65.1 Å². The fraction of sp³-hybridized carbons (Fsp3) is 0.464. The molecular weight excluding hydrogens is 544 g/mol. The van der Waals surface area contributed by atoms with Crippen molar-refractivity contribution in [1.82, 2.24) is 9.88 Å². The monoisotopic (exact) mass is 575 g/mol. The summed E-state index contributed by atoms with van der Waals surface area (Å²) in [6, 6.07) is 6.62. The molecule has 2 aromatic heterocycles. The number of hydrogen-bond acceptors (Lipinski definition) is 8. The number of aromatic nitrogens is 1. The van der Waals surface area contributed by atoms with Gasteiger partial charge in [-0.05, 0) is 31.4 Å². The van der Waals surface area contributed by atoms with E-state index in [9.17, 15) is 18.4 Å². The van der Waals surface area contributed by atoms with Gasteiger partial charge in [0.2, 0.25) is 12.3 Å². The fourth-order valence-corrected chi connectivity index (χ4v) is 6.32. The summed E-state index contributed by atoms with van der Waals surface area (Å²) in [5.41, 5.74) is 1.47. The van der Waals surface area contributed by atoms with Gasteiger partial charge >= 0.3 is 0 Å². The van der Waals surface area contributed by atoms with E-state index in [1.165, 1.54) is 17.4 Å². The van der Waals surface area contributed by atoms with Gasteiger partial charge in [-0.3, -0.25) is 9.59 Å². The molecule has 1 atom stereocenters. The molecule has 5 rings (SSSR count). The van der Waals surface area contributed by atoms with Gasteiger partial charge in [-0.25, -0.2) is 13.8 Å². The van der Waals surface area contributed by atoms with Crippen molar-refractivity contribution in [2.45, 2.75) is 56.8 Å². The van der Waals surface area contributed by atoms with Crippen molar-refractivity contribution in [1.29, 1.82) is 0 Å². The number of anilines is 1. The molecular formula is C28H31F2N3O6S. The first kappa shape index (κ1) is 28.2. The van der Waals surface area contributed by atoms with Crippen molar-refractivity contribution in [2.75, 3.05) is 32.2 Å². The summed E-state index contributed by atoms with van der Waals surface area (Å²) in [6.07, 6.45) is 3.04. The van der Waals surface area contributed by atoms with Crippen molar-refractivity contribution in [3.05, 3.63) is 53.4 Å². The molecule has 2 aliphatic rings. The quantitative estimate of drug-likeness (QED) is 0.303. The maximum atomic E-state index is 14.3. The molecule has 3 heterocycles. The topological polar surface area (TPSA) is 103 Å². The first-order valence-electron chi connectivity index (χ1n) is 13.1. The third kappa shape index (κ3) is 5.89. The Morgan fingerprint density at radius 2 is 2.05 bits per heavy atom. The minimum Gasteiger partial charge on any atom is -0.496 e. The first-order valence-corrected chi connectivity index (χ1v) is 13.9. The summed E-state index contributed by atoms with van der Waals surface area (Å²) in [5.74, 6) is -2.47. The van der Waals surface area contributed by atoms with Crippen LogP contribution in [0.15, 0.2) is 41.1 Å². The number of carbonyl (C=O) groups excluding carboxylic acids is 2. The predicted molar refractivity (Wildman–Crippen MR) is 144 cm³/mol. The number of nitrogens with zero attached hydrogens (tertiary/aromatic N) is 2. The Balaban J connectivity index is 1.53. The van der Waals surface area contributed by atoms with Crippen molar-refractivity contribution in [3.63, 3.8) is 0 Å². The van der Waals surface area contributed by atoms with Crippen molar-refractivity contribution >= 4 is 28.7 Å². The highest BCUT2D eigenvalue weighted by atomic mass is 32.1. The number of nitrogens with one attached hydrogen (secondary N) is 1. The third-order valence-corrected chi connectivity index (χ3v) is 8.53. The maximum Gasteiger partial charge on any atom is 0.257 e. The molecule has 214 valence electrons. The van der Waals surface area contributed by atoms with E-state index in [4.69, 9.17) is 18.6 Å². The Morgan fingerprint density at radius 1 is 1.30 bits per heavy atom. The maximum absolute atomic E-state index is 14.3. The number of rotatable bonds is 11. The summed E-state index contributed by atoms with van der Waals surface area (Å²) in [6.45, 7) is 2.85. The lowest BCUT2D eigenvalue weighted by atomic mass is 9.86. The smallest absolute Gasteiger partial charge is 0.257 e. The number of hydrogen-bond donors (Lipinski definition) is 1. The number of carbonyl (C=O) groups is 2. The van der Waals surface area contributed by atoms with Crippen LogP contribution >= 0.6 is 11.3 Å². The van der Waals surface area contributed by atoms with Crippen LogP contribution in [0.2, 0.25) is 0 Å². The molecule has 1 unspecified atom stereocenters. The SMILES string of the molecule is COc1ccccc1C(CN(C(=O)c1c(NC=O)sc(-c2ncco2)c1C)C1CC(F)(F)C1)OC1CCOCC1. The Kier molecular flexibility index (Phi) is 8.48. The fourth-order valence-electron chi connectivity index (χ4n) is 5.23. The normalized spacial score (nSPS) is 18.1. The number of thiophene rings is 1. The number of oxazole rings is 1. The summed E-state index contributed by atoms with van der Waals surface area (Å²) in [7, 11) is 1.55. The molecule has 1 aromatic carbocycles. The summed E-state index contributed by atoms with van der Waals surface area (Å²) in [5, 5.41) is 2.90. The number of halogens is 2. The lowest BCUT2D eigenvalue weighted by Crippen LogP contribution is -2.54. The number of benzene rings is 1. The van der Waals surface area contributed by atoms with E-state index < -0.39 is 36.8 Å². The average Bonchev–Trinajstić information content (AvgIpc) is 3.58. The zero-order chi connectivity index (χ0) is 28.3. The zero-order valence-corrected chi connectivity index (χ0v) is 23.0. The van der Waals surface area contributed by atoms with Gasteiger partial charge in [0.1, 0.15) is 23.1 Å². The van der Waals surface area contributed by atoms with Crippen LogP contribution in [0.5, 0.6) is 5.75 Å². The molecule has 1 N–H and O–H groups in total. The van der Waals surface area contributed by atoms with Crippen LogP contribution in [-0.4, -0.2) is 67.1 Å². The standard InChI is InChI=1S/C28H31F2N3O6S/c1-17-23(26(32-16-34)40-24(17)25-31-9-12-38-25)27(35)33(18-13-28(29,30)14-18)15-22(39-19-7-10-37-11-8-19)20-5-3-4-6-21(20)36-2/h3-6,9,12,16,18-19,22H,7-8,10-11,13-15H2,1-2H3,(H,32,34). The highest BCUT2D eigenvalue weighted by Gasteiger charge is 2.50. The van der Waals surface area contributed by atoms with E-state index in [2.05, 4.69) is 10.3 Å². The van der Waals surface area contributed by atoms with E-state index in [-0.39, 0.29) is 18.2 Å². The van der Waals surface area contributed by atoms with Crippen molar-refractivity contribution in [2.24, 2.45) is 0 Å². The summed E-state index contributed by atoms with van der Waals surface area (Å²) < 4.78 is 51.4. The second-order valence-corrected chi connectivity index (χ2v) is 10.9. The first-order chi connectivity index (χ1) is 19.3. The molecule has 3 aromatic rings. The van der Waals surface area contributed by atoms with E-state index >= 15 is 0 Å². The molecule has 0 bridgehead atoms. The van der Waals surface area contributed by atoms with Crippen LogP contribution < -0.4 is 10.1 Å². The Hall–Kier alpha value is -3.35. The highest BCUT2D eigenvalue weighted by Crippen LogP contribution is 2.45. The van der Waals surface area contributed by atoms with Gasteiger partial charge in [0.25, 0.3) is 11.8 Å². The van der Waals surface area contributed by atoms with Gasteiger partial charge in [-0.15, -0.1) is 11.3 Å². The third-order valence-electron chi connectivity index (χ3n) is 7.32. The largest absolute Gasteiger partial charge is 0.496 e. The number of ether oxygens (including phenoxy) is 3. The molecule has 1 aliphatic carbocycles.